The quantitative estimate of drug-likeness (QED) is 0.516. The van der Waals surface area contributed by atoms with Gasteiger partial charge in [-0.05, 0) is 60.5 Å². The molecule has 0 aromatic heterocycles. The predicted octanol–water partition coefficient (Wildman–Crippen LogP) is 5.72. The third-order valence-corrected chi connectivity index (χ3v) is 4.36. The number of aryl methyl sites for hydroxylation is 1. The first-order valence-electron chi connectivity index (χ1n) is 8.60. The summed E-state index contributed by atoms with van der Waals surface area (Å²) < 4.78 is 11.5. The van der Waals surface area contributed by atoms with Crippen molar-refractivity contribution in [1.82, 2.24) is 0 Å². The summed E-state index contributed by atoms with van der Waals surface area (Å²) in [5.74, 6) is 1.69. The molecular formula is C22H22ClNO2. The first-order chi connectivity index (χ1) is 12.7. The van der Waals surface area contributed by atoms with Crippen LogP contribution in [0.4, 0.5) is 5.69 Å². The maximum Gasteiger partial charge on any atom is 0.119 e. The fraction of sp³-hybridized carbons (Fsp3) is 0.182. The SMILES string of the molecule is Cc1cc(OCCNc2ccc(OCc3ccccc3)cc2)ccc1Cl. The zero-order chi connectivity index (χ0) is 18.2. The summed E-state index contributed by atoms with van der Waals surface area (Å²) in [6, 6.07) is 23.8. The van der Waals surface area contributed by atoms with Gasteiger partial charge in [0.15, 0.2) is 0 Å². The normalized spacial score (nSPS) is 10.4. The molecule has 0 saturated heterocycles. The Balaban J connectivity index is 1.40. The van der Waals surface area contributed by atoms with Crippen molar-refractivity contribution in [3.05, 3.63) is 88.9 Å². The fourth-order valence-electron chi connectivity index (χ4n) is 2.48. The third kappa shape index (κ3) is 5.43. The molecule has 4 heteroatoms. The van der Waals surface area contributed by atoms with Crippen molar-refractivity contribution in [2.45, 2.75) is 13.5 Å². The number of anilines is 1. The number of hydrogen-bond acceptors (Lipinski definition) is 3. The van der Waals surface area contributed by atoms with E-state index >= 15 is 0 Å². The van der Waals surface area contributed by atoms with E-state index in [1.165, 1.54) is 0 Å². The molecule has 0 radical (unpaired) electrons. The van der Waals surface area contributed by atoms with E-state index < -0.39 is 0 Å². The zero-order valence-electron chi connectivity index (χ0n) is 14.7. The molecular weight excluding hydrogens is 346 g/mol. The van der Waals surface area contributed by atoms with Crippen LogP contribution in [0.3, 0.4) is 0 Å². The Hall–Kier alpha value is -2.65. The topological polar surface area (TPSA) is 30.5 Å². The van der Waals surface area contributed by atoms with E-state index in [0.717, 1.165) is 33.3 Å². The van der Waals surface area contributed by atoms with Gasteiger partial charge >= 0.3 is 0 Å². The van der Waals surface area contributed by atoms with Gasteiger partial charge in [-0.2, -0.15) is 0 Å². The van der Waals surface area contributed by atoms with Crippen LogP contribution < -0.4 is 14.8 Å². The highest BCUT2D eigenvalue weighted by atomic mass is 35.5. The number of hydrogen-bond donors (Lipinski definition) is 1. The minimum absolute atomic E-state index is 0.571. The van der Waals surface area contributed by atoms with E-state index in [4.69, 9.17) is 21.1 Å². The Kier molecular flexibility index (Phi) is 6.39. The first-order valence-corrected chi connectivity index (χ1v) is 8.98. The smallest absolute Gasteiger partial charge is 0.119 e. The number of rotatable bonds is 8. The predicted molar refractivity (Wildman–Crippen MR) is 107 cm³/mol. The summed E-state index contributed by atoms with van der Waals surface area (Å²) in [4.78, 5) is 0. The molecule has 0 amide bonds. The minimum Gasteiger partial charge on any atom is -0.492 e. The Morgan fingerprint density at radius 3 is 2.31 bits per heavy atom. The second kappa shape index (κ2) is 9.16. The van der Waals surface area contributed by atoms with Gasteiger partial charge in [0.05, 0.1) is 0 Å². The number of ether oxygens (including phenoxy) is 2. The van der Waals surface area contributed by atoms with Crippen molar-refractivity contribution in [2.75, 3.05) is 18.5 Å². The zero-order valence-corrected chi connectivity index (χ0v) is 15.5. The van der Waals surface area contributed by atoms with Crippen LogP contribution in [0.1, 0.15) is 11.1 Å². The molecule has 134 valence electrons. The van der Waals surface area contributed by atoms with E-state index in [2.05, 4.69) is 17.4 Å². The van der Waals surface area contributed by atoms with Crippen LogP contribution in [0.15, 0.2) is 72.8 Å². The van der Waals surface area contributed by atoms with E-state index in [1.54, 1.807) is 0 Å². The summed E-state index contributed by atoms with van der Waals surface area (Å²) in [5.41, 5.74) is 3.21. The maximum absolute atomic E-state index is 6.01. The summed E-state index contributed by atoms with van der Waals surface area (Å²) in [6.07, 6.45) is 0. The third-order valence-electron chi connectivity index (χ3n) is 3.93. The van der Waals surface area contributed by atoms with E-state index in [0.29, 0.717) is 19.8 Å². The lowest BCUT2D eigenvalue weighted by Crippen LogP contribution is -2.11. The number of benzene rings is 3. The van der Waals surface area contributed by atoms with Gasteiger partial charge in [0.1, 0.15) is 24.7 Å². The highest BCUT2D eigenvalue weighted by molar-refractivity contribution is 6.31. The van der Waals surface area contributed by atoms with Gasteiger partial charge in [-0.3, -0.25) is 0 Å². The average Bonchev–Trinajstić information content (AvgIpc) is 2.68. The van der Waals surface area contributed by atoms with Gasteiger partial charge in [0.2, 0.25) is 0 Å². The molecule has 0 aliphatic rings. The molecule has 26 heavy (non-hydrogen) atoms. The Morgan fingerprint density at radius 2 is 1.58 bits per heavy atom. The lowest BCUT2D eigenvalue weighted by molar-refractivity contribution is 0.306. The maximum atomic E-state index is 6.01. The molecule has 0 bridgehead atoms. The van der Waals surface area contributed by atoms with Gasteiger partial charge in [0, 0.05) is 17.3 Å². The molecule has 0 fully saturated rings. The number of nitrogens with one attached hydrogen (secondary N) is 1. The molecule has 3 aromatic rings. The molecule has 0 aliphatic carbocycles. The monoisotopic (exact) mass is 367 g/mol. The molecule has 1 N–H and O–H groups in total. The van der Waals surface area contributed by atoms with Crippen molar-refractivity contribution in [3.8, 4) is 11.5 Å². The van der Waals surface area contributed by atoms with E-state index in [1.807, 2.05) is 67.6 Å². The fourth-order valence-corrected chi connectivity index (χ4v) is 2.60. The van der Waals surface area contributed by atoms with Gasteiger partial charge in [-0.15, -0.1) is 0 Å². The van der Waals surface area contributed by atoms with Gasteiger partial charge < -0.3 is 14.8 Å². The molecule has 0 atom stereocenters. The van der Waals surface area contributed by atoms with Crippen molar-refractivity contribution in [2.24, 2.45) is 0 Å². The minimum atomic E-state index is 0.571. The number of halogens is 1. The molecule has 3 rings (SSSR count). The molecule has 0 heterocycles. The Bertz CT molecular complexity index is 819. The first kappa shape index (κ1) is 18.2. The summed E-state index contributed by atoms with van der Waals surface area (Å²) in [6.45, 7) is 3.83. The van der Waals surface area contributed by atoms with Crippen LogP contribution in [0.2, 0.25) is 5.02 Å². The van der Waals surface area contributed by atoms with Crippen LogP contribution in [-0.2, 0) is 6.61 Å². The van der Waals surface area contributed by atoms with Crippen LogP contribution in [0, 0.1) is 6.92 Å². The molecule has 0 saturated carbocycles. The highest BCUT2D eigenvalue weighted by Gasteiger charge is 2.00. The van der Waals surface area contributed by atoms with Gasteiger partial charge in [0.25, 0.3) is 0 Å². The van der Waals surface area contributed by atoms with Crippen molar-refractivity contribution in [3.63, 3.8) is 0 Å². The Labute approximate surface area is 159 Å². The van der Waals surface area contributed by atoms with Gasteiger partial charge in [-0.1, -0.05) is 41.9 Å². The highest BCUT2D eigenvalue weighted by Crippen LogP contribution is 2.21. The van der Waals surface area contributed by atoms with Crippen LogP contribution in [0.5, 0.6) is 11.5 Å². The lowest BCUT2D eigenvalue weighted by Gasteiger charge is -2.11. The molecule has 0 spiro atoms. The van der Waals surface area contributed by atoms with E-state index in [9.17, 15) is 0 Å². The van der Waals surface area contributed by atoms with Crippen LogP contribution in [0.25, 0.3) is 0 Å². The molecule has 0 aliphatic heterocycles. The lowest BCUT2D eigenvalue weighted by atomic mass is 10.2. The molecule has 0 unspecified atom stereocenters. The summed E-state index contributed by atoms with van der Waals surface area (Å²) >= 11 is 6.01. The largest absolute Gasteiger partial charge is 0.492 e. The van der Waals surface area contributed by atoms with Crippen LogP contribution >= 0.6 is 11.6 Å². The Morgan fingerprint density at radius 1 is 0.846 bits per heavy atom. The van der Waals surface area contributed by atoms with E-state index in [-0.39, 0.29) is 0 Å². The summed E-state index contributed by atoms with van der Waals surface area (Å²) in [5, 5.41) is 4.09. The van der Waals surface area contributed by atoms with Gasteiger partial charge in [-0.25, -0.2) is 0 Å². The molecule has 3 aromatic carbocycles. The average molecular weight is 368 g/mol. The summed E-state index contributed by atoms with van der Waals surface area (Å²) in [7, 11) is 0. The van der Waals surface area contributed by atoms with Crippen molar-refractivity contribution in [1.29, 1.82) is 0 Å². The van der Waals surface area contributed by atoms with Crippen LogP contribution in [-0.4, -0.2) is 13.2 Å². The second-order valence-electron chi connectivity index (χ2n) is 5.98. The van der Waals surface area contributed by atoms with Crippen molar-refractivity contribution < 1.29 is 9.47 Å². The van der Waals surface area contributed by atoms with Crippen molar-refractivity contribution >= 4 is 17.3 Å². The molecule has 3 nitrogen and oxygen atoms in total. The second-order valence-corrected chi connectivity index (χ2v) is 6.39. The standard InChI is InChI=1S/C22H22ClNO2/c1-17-15-21(11-12-22(17)23)25-14-13-24-19-7-9-20(10-8-19)26-16-18-5-3-2-4-6-18/h2-12,15,24H,13-14,16H2,1H3.